The molecular weight excluding hydrogens is 230 g/mol. The number of rotatable bonds is 6. The summed E-state index contributed by atoms with van der Waals surface area (Å²) in [5, 5.41) is 9.88. The summed E-state index contributed by atoms with van der Waals surface area (Å²) < 4.78 is 10.1. The Labute approximate surface area is 99.9 Å². The van der Waals surface area contributed by atoms with Gasteiger partial charge in [0.2, 0.25) is 0 Å². The zero-order valence-electron chi connectivity index (χ0n) is 9.15. The minimum Gasteiger partial charge on any atom is -0.489 e. The van der Waals surface area contributed by atoms with Crippen LogP contribution in [0.4, 0.5) is 0 Å². The lowest BCUT2D eigenvalue weighted by Crippen LogP contribution is -2.22. The third kappa shape index (κ3) is 3.98. The van der Waals surface area contributed by atoms with Crippen molar-refractivity contribution >= 4 is 11.6 Å². The third-order valence-corrected chi connectivity index (χ3v) is 2.32. The molecule has 0 aliphatic rings. The number of aliphatic hydroxyl groups is 1. The number of benzene rings is 1. The van der Waals surface area contributed by atoms with Crippen molar-refractivity contribution in [3.05, 3.63) is 28.8 Å². The monoisotopic (exact) mass is 245 g/mol. The van der Waals surface area contributed by atoms with Gasteiger partial charge in [-0.1, -0.05) is 17.7 Å². The molecule has 0 spiro atoms. The van der Waals surface area contributed by atoms with Crippen LogP contribution in [-0.2, 0) is 11.3 Å². The van der Waals surface area contributed by atoms with Crippen molar-refractivity contribution in [1.29, 1.82) is 0 Å². The first kappa shape index (κ1) is 13.3. The molecule has 0 amide bonds. The highest BCUT2D eigenvalue weighted by atomic mass is 35.5. The van der Waals surface area contributed by atoms with Gasteiger partial charge in [0.15, 0.2) is 0 Å². The first-order valence-corrected chi connectivity index (χ1v) is 5.33. The maximum Gasteiger partial charge on any atom is 0.138 e. The summed E-state index contributed by atoms with van der Waals surface area (Å²) in [5.74, 6) is 0.536. The molecule has 0 saturated heterocycles. The van der Waals surface area contributed by atoms with Crippen LogP contribution < -0.4 is 10.5 Å². The Morgan fingerprint density at radius 2 is 2.19 bits per heavy atom. The topological polar surface area (TPSA) is 64.7 Å². The van der Waals surface area contributed by atoms with Gasteiger partial charge in [0, 0.05) is 13.7 Å². The van der Waals surface area contributed by atoms with Gasteiger partial charge in [-0.25, -0.2) is 0 Å². The Balaban J connectivity index is 2.54. The SMILES string of the molecule is COCC(O)COc1ccc(CN)cc1Cl. The normalized spacial score (nSPS) is 12.5. The smallest absolute Gasteiger partial charge is 0.138 e. The molecule has 0 radical (unpaired) electrons. The van der Waals surface area contributed by atoms with E-state index in [1.807, 2.05) is 6.07 Å². The predicted molar refractivity (Wildman–Crippen MR) is 62.7 cm³/mol. The van der Waals surface area contributed by atoms with Gasteiger partial charge in [-0.05, 0) is 17.7 Å². The fraction of sp³-hybridized carbons (Fsp3) is 0.455. The molecule has 90 valence electrons. The van der Waals surface area contributed by atoms with E-state index in [1.165, 1.54) is 7.11 Å². The van der Waals surface area contributed by atoms with E-state index in [2.05, 4.69) is 0 Å². The number of hydrogen-bond acceptors (Lipinski definition) is 4. The van der Waals surface area contributed by atoms with Gasteiger partial charge >= 0.3 is 0 Å². The van der Waals surface area contributed by atoms with Crippen LogP contribution >= 0.6 is 11.6 Å². The number of nitrogens with two attached hydrogens (primary N) is 1. The molecule has 1 unspecified atom stereocenters. The van der Waals surface area contributed by atoms with Gasteiger partial charge in [0.1, 0.15) is 18.5 Å². The van der Waals surface area contributed by atoms with Gasteiger partial charge in [-0.2, -0.15) is 0 Å². The minimum absolute atomic E-state index is 0.148. The van der Waals surface area contributed by atoms with Crippen molar-refractivity contribution in [2.45, 2.75) is 12.6 Å². The van der Waals surface area contributed by atoms with Crippen molar-refractivity contribution in [3.8, 4) is 5.75 Å². The van der Waals surface area contributed by atoms with Crippen LogP contribution in [0.1, 0.15) is 5.56 Å². The Morgan fingerprint density at radius 3 is 2.75 bits per heavy atom. The second kappa shape index (κ2) is 6.70. The minimum atomic E-state index is -0.657. The highest BCUT2D eigenvalue weighted by Crippen LogP contribution is 2.25. The van der Waals surface area contributed by atoms with Gasteiger partial charge in [-0.15, -0.1) is 0 Å². The average Bonchev–Trinajstić information content (AvgIpc) is 2.27. The molecule has 1 aromatic carbocycles. The number of hydrogen-bond donors (Lipinski definition) is 2. The van der Waals surface area contributed by atoms with Crippen LogP contribution in [0.3, 0.4) is 0 Å². The van der Waals surface area contributed by atoms with Crippen LogP contribution in [0, 0.1) is 0 Å². The zero-order chi connectivity index (χ0) is 12.0. The van der Waals surface area contributed by atoms with Crippen molar-refractivity contribution in [2.75, 3.05) is 20.3 Å². The molecule has 0 bridgehead atoms. The Hall–Kier alpha value is -0.810. The molecule has 5 heteroatoms. The molecule has 0 aliphatic heterocycles. The quantitative estimate of drug-likeness (QED) is 0.790. The van der Waals surface area contributed by atoms with E-state index in [4.69, 9.17) is 26.8 Å². The predicted octanol–water partition coefficient (Wildman–Crippen LogP) is 1.18. The first-order chi connectivity index (χ1) is 7.67. The lowest BCUT2D eigenvalue weighted by atomic mass is 10.2. The Kier molecular flexibility index (Phi) is 5.55. The van der Waals surface area contributed by atoms with Gasteiger partial charge in [-0.3, -0.25) is 0 Å². The molecule has 0 aromatic heterocycles. The van der Waals surface area contributed by atoms with Gasteiger partial charge < -0.3 is 20.3 Å². The largest absolute Gasteiger partial charge is 0.489 e. The molecule has 0 saturated carbocycles. The molecule has 4 nitrogen and oxygen atoms in total. The molecule has 0 heterocycles. The van der Waals surface area contributed by atoms with Crippen LogP contribution in [0.2, 0.25) is 5.02 Å². The summed E-state index contributed by atoms with van der Waals surface area (Å²) in [7, 11) is 1.52. The average molecular weight is 246 g/mol. The summed E-state index contributed by atoms with van der Waals surface area (Å²) in [6, 6.07) is 5.33. The van der Waals surface area contributed by atoms with E-state index in [1.54, 1.807) is 12.1 Å². The van der Waals surface area contributed by atoms with E-state index in [0.717, 1.165) is 5.56 Å². The van der Waals surface area contributed by atoms with Crippen molar-refractivity contribution < 1.29 is 14.6 Å². The Bertz CT molecular complexity index is 333. The number of methoxy groups -OCH3 is 1. The maximum atomic E-state index is 9.39. The molecule has 0 fully saturated rings. The summed E-state index contributed by atoms with van der Waals surface area (Å²) in [6.45, 7) is 0.820. The third-order valence-electron chi connectivity index (χ3n) is 2.02. The summed E-state index contributed by atoms with van der Waals surface area (Å²) >= 11 is 5.98. The molecule has 16 heavy (non-hydrogen) atoms. The van der Waals surface area contributed by atoms with E-state index < -0.39 is 6.10 Å². The molecule has 0 aliphatic carbocycles. The Morgan fingerprint density at radius 1 is 1.44 bits per heavy atom. The summed E-state index contributed by atoms with van der Waals surface area (Å²) in [5.41, 5.74) is 6.41. The van der Waals surface area contributed by atoms with E-state index in [0.29, 0.717) is 17.3 Å². The number of aliphatic hydroxyl groups excluding tert-OH is 1. The summed E-state index contributed by atoms with van der Waals surface area (Å²) in [6.07, 6.45) is -0.657. The maximum absolute atomic E-state index is 9.39. The van der Waals surface area contributed by atoms with Crippen LogP contribution in [0.25, 0.3) is 0 Å². The molecular formula is C11H16ClNO3. The highest BCUT2D eigenvalue weighted by molar-refractivity contribution is 6.32. The lowest BCUT2D eigenvalue weighted by molar-refractivity contribution is 0.0326. The highest BCUT2D eigenvalue weighted by Gasteiger charge is 2.07. The van der Waals surface area contributed by atoms with Crippen molar-refractivity contribution in [2.24, 2.45) is 5.73 Å². The van der Waals surface area contributed by atoms with Gasteiger partial charge in [0.25, 0.3) is 0 Å². The second-order valence-electron chi connectivity index (χ2n) is 3.39. The molecule has 1 atom stereocenters. The fourth-order valence-corrected chi connectivity index (χ4v) is 1.47. The zero-order valence-corrected chi connectivity index (χ0v) is 9.91. The first-order valence-electron chi connectivity index (χ1n) is 4.95. The van der Waals surface area contributed by atoms with Crippen LogP contribution in [0.15, 0.2) is 18.2 Å². The van der Waals surface area contributed by atoms with E-state index >= 15 is 0 Å². The van der Waals surface area contributed by atoms with Crippen LogP contribution in [-0.4, -0.2) is 31.5 Å². The standard InChI is InChI=1S/C11H16ClNO3/c1-15-6-9(14)7-16-11-3-2-8(5-13)4-10(11)12/h2-4,9,14H,5-7,13H2,1H3. The van der Waals surface area contributed by atoms with Crippen molar-refractivity contribution in [1.82, 2.24) is 0 Å². The molecule has 1 aromatic rings. The lowest BCUT2D eigenvalue weighted by Gasteiger charge is -2.12. The summed E-state index contributed by atoms with van der Waals surface area (Å²) in [4.78, 5) is 0. The van der Waals surface area contributed by atoms with Crippen LogP contribution in [0.5, 0.6) is 5.75 Å². The van der Waals surface area contributed by atoms with E-state index in [-0.39, 0.29) is 13.2 Å². The van der Waals surface area contributed by atoms with Crippen molar-refractivity contribution in [3.63, 3.8) is 0 Å². The van der Waals surface area contributed by atoms with E-state index in [9.17, 15) is 5.11 Å². The van der Waals surface area contributed by atoms with Gasteiger partial charge in [0.05, 0.1) is 11.6 Å². The number of ether oxygens (including phenoxy) is 2. The molecule has 3 N–H and O–H groups in total. The second-order valence-corrected chi connectivity index (χ2v) is 3.80. The molecule has 1 rings (SSSR count). The number of halogens is 1. The fourth-order valence-electron chi connectivity index (χ4n) is 1.21.